The van der Waals surface area contributed by atoms with Crippen LogP contribution in [0.1, 0.15) is 33.1 Å². The zero-order valence-electron chi connectivity index (χ0n) is 18.4. The number of carbonyl (C=O) groups excluding carboxylic acids is 1. The lowest BCUT2D eigenvalue weighted by Gasteiger charge is -2.24. The molecule has 0 spiro atoms. The molecule has 2 atom stereocenters. The van der Waals surface area contributed by atoms with Gasteiger partial charge in [0.25, 0.3) is 5.91 Å². The van der Waals surface area contributed by atoms with Crippen molar-refractivity contribution in [1.29, 1.82) is 0 Å². The molecule has 33 heavy (non-hydrogen) atoms. The van der Waals surface area contributed by atoms with Gasteiger partial charge in [0.1, 0.15) is 24.0 Å². The second-order valence-corrected chi connectivity index (χ2v) is 10.7. The van der Waals surface area contributed by atoms with Gasteiger partial charge in [-0.05, 0) is 23.8 Å². The number of aromatic nitrogens is 1. The van der Waals surface area contributed by atoms with Crippen molar-refractivity contribution in [3.05, 3.63) is 58.4 Å². The summed E-state index contributed by atoms with van der Waals surface area (Å²) in [6.07, 6.45) is 1.56. The third kappa shape index (κ3) is 3.41. The van der Waals surface area contributed by atoms with E-state index < -0.39 is 27.5 Å². The molecule has 8 nitrogen and oxygen atoms in total. The van der Waals surface area contributed by atoms with Gasteiger partial charge < -0.3 is 20.1 Å². The van der Waals surface area contributed by atoms with Gasteiger partial charge in [0.2, 0.25) is 0 Å². The number of nitrogens with two attached hydrogens (primary N) is 1. The van der Waals surface area contributed by atoms with E-state index in [1.54, 1.807) is 31.5 Å². The van der Waals surface area contributed by atoms with Crippen LogP contribution < -0.4 is 10.5 Å². The first-order chi connectivity index (χ1) is 15.7. The number of hydrogen-bond acceptors (Lipinski definition) is 7. The highest BCUT2D eigenvalue weighted by atomic mass is 32.2. The fraction of sp³-hybridized carbons (Fsp3) is 0.304. The Morgan fingerprint density at radius 3 is 2.79 bits per heavy atom. The molecule has 0 fully saturated rings. The molecule has 172 valence electrons. The Hall–Kier alpha value is -3.24. The van der Waals surface area contributed by atoms with Crippen molar-refractivity contribution in [3.8, 4) is 5.75 Å². The Morgan fingerprint density at radius 1 is 1.27 bits per heavy atom. The van der Waals surface area contributed by atoms with Gasteiger partial charge in [0, 0.05) is 42.9 Å². The molecule has 2 aliphatic heterocycles. The van der Waals surface area contributed by atoms with E-state index in [9.17, 15) is 13.4 Å². The van der Waals surface area contributed by atoms with Crippen LogP contribution in [0.2, 0.25) is 0 Å². The molecule has 0 unspecified atom stereocenters. The van der Waals surface area contributed by atoms with Crippen molar-refractivity contribution >= 4 is 32.4 Å². The summed E-state index contributed by atoms with van der Waals surface area (Å²) in [4.78, 5) is 19.6. The highest BCUT2D eigenvalue weighted by Crippen LogP contribution is 2.38. The Morgan fingerprint density at radius 2 is 2.03 bits per heavy atom. The van der Waals surface area contributed by atoms with Crippen molar-refractivity contribution in [2.24, 2.45) is 4.36 Å². The fourth-order valence-electron chi connectivity index (χ4n) is 4.32. The summed E-state index contributed by atoms with van der Waals surface area (Å²) < 4.78 is 42.8. The van der Waals surface area contributed by atoms with Gasteiger partial charge in [0.15, 0.2) is 0 Å². The monoisotopic (exact) mass is 470 g/mol. The van der Waals surface area contributed by atoms with E-state index in [1.807, 2.05) is 0 Å². The minimum Gasteiger partial charge on any atom is -0.491 e. The molecule has 0 aliphatic carbocycles. The van der Waals surface area contributed by atoms with Gasteiger partial charge >= 0.3 is 0 Å². The lowest BCUT2D eigenvalue weighted by molar-refractivity contribution is 0.0704. The average Bonchev–Trinajstić information content (AvgIpc) is 3.45. The van der Waals surface area contributed by atoms with E-state index in [0.717, 1.165) is 16.7 Å². The van der Waals surface area contributed by atoms with Gasteiger partial charge in [-0.2, -0.15) is 0 Å². The zero-order chi connectivity index (χ0) is 23.5. The van der Waals surface area contributed by atoms with E-state index >= 15 is 0 Å². The molecule has 0 saturated carbocycles. The topological polar surface area (TPSA) is 107 Å². The number of nitrogens with zero attached hydrogens (tertiary/aromatic N) is 3. The van der Waals surface area contributed by atoms with Crippen LogP contribution in [0.3, 0.4) is 0 Å². The summed E-state index contributed by atoms with van der Waals surface area (Å²) in [7, 11) is 0.611. The predicted octanol–water partition coefficient (Wildman–Crippen LogP) is 3.28. The third-order valence-corrected chi connectivity index (χ3v) is 8.19. The van der Waals surface area contributed by atoms with Crippen molar-refractivity contribution < 1.29 is 22.9 Å². The second-order valence-electron chi connectivity index (χ2n) is 8.22. The third-order valence-electron chi connectivity index (χ3n) is 6.36. The van der Waals surface area contributed by atoms with Gasteiger partial charge in [-0.3, -0.25) is 4.79 Å². The first kappa shape index (κ1) is 21.6. The molecule has 1 amide bonds. The number of hydrogen-bond donors (Lipinski definition) is 1. The second kappa shape index (κ2) is 7.67. The van der Waals surface area contributed by atoms with Crippen molar-refractivity contribution in [1.82, 2.24) is 9.88 Å². The number of pyridine rings is 1. The lowest BCUT2D eigenvalue weighted by Crippen LogP contribution is -2.32. The molecule has 3 heterocycles. The van der Waals surface area contributed by atoms with E-state index in [4.69, 9.17) is 15.2 Å². The molecule has 0 saturated heterocycles. The molecule has 3 aromatic rings. The molecule has 2 aliphatic rings. The molecule has 0 bridgehead atoms. The summed E-state index contributed by atoms with van der Waals surface area (Å²) in [6, 6.07) is 7.56. The molecule has 5 rings (SSSR count). The number of carbonyl (C=O) groups is 1. The van der Waals surface area contributed by atoms with Crippen LogP contribution in [-0.4, -0.2) is 47.0 Å². The Kier molecular flexibility index (Phi) is 5.02. The number of halogens is 1. The van der Waals surface area contributed by atoms with Gasteiger partial charge in [0.05, 0.1) is 45.0 Å². The highest BCUT2D eigenvalue weighted by molar-refractivity contribution is 7.93. The largest absolute Gasteiger partial charge is 0.491 e. The summed E-state index contributed by atoms with van der Waals surface area (Å²) in [5.41, 5.74) is 8.69. The maximum atomic E-state index is 15.0. The van der Waals surface area contributed by atoms with Gasteiger partial charge in [-0.1, -0.05) is 6.07 Å². The van der Waals surface area contributed by atoms with Gasteiger partial charge in [-0.15, -0.1) is 0 Å². The minimum absolute atomic E-state index is 0.0582. The van der Waals surface area contributed by atoms with E-state index in [0.29, 0.717) is 40.6 Å². The summed E-state index contributed by atoms with van der Waals surface area (Å²) in [5.74, 6) is -0.289. The Labute approximate surface area is 190 Å². The van der Waals surface area contributed by atoms with Crippen molar-refractivity contribution in [2.75, 3.05) is 32.7 Å². The number of nitrogen functional groups attached to an aromatic ring is 1. The molecular formula is C23H23FN4O4S. The number of ether oxygens (including phenoxy) is 2. The number of likely N-dealkylation sites (N-methyl/N-ethyl adjacent to an activating group) is 1. The minimum atomic E-state index is -2.51. The molecule has 10 heteroatoms. The van der Waals surface area contributed by atoms with Crippen molar-refractivity contribution in [2.45, 2.75) is 24.2 Å². The number of fused-ring (bicyclic) bond motifs is 4. The number of anilines is 1. The van der Waals surface area contributed by atoms with Crippen LogP contribution in [0, 0.1) is 5.82 Å². The first-order valence-electron chi connectivity index (χ1n) is 10.3. The summed E-state index contributed by atoms with van der Waals surface area (Å²) in [6.45, 7) is 0.897. The zero-order valence-corrected chi connectivity index (χ0v) is 19.2. The Bertz CT molecular complexity index is 1450. The number of benzene rings is 2. The van der Waals surface area contributed by atoms with Crippen LogP contribution in [0.4, 0.5) is 10.2 Å². The van der Waals surface area contributed by atoms with E-state index in [2.05, 4.69) is 9.35 Å². The van der Waals surface area contributed by atoms with Gasteiger partial charge in [-0.25, -0.2) is 17.9 Å². The number of amides is 1. The maximum Gasteiger partial charge on any atom is 0.257 e. The first-order valence-corrected chi connectivity index (χ1v) is 12.3. The maximum absolute atomic E-state index is 15.0. The SMILES string of the molecule is CN=[S@@](C)(=O)c1ccc2c(c1)OC[C@H]2N(C)C(=O)c1cc2c3c(c(N)nc2cc1F)COC3. The molecule has 2 N–H and O–H groups in total. The smallest absolute Gasteiger partial charge is 0.257 e. The molecule has 0 radical (unpaired) electrons. The van der Waals surface area contributed by atoms with E-state index in [-0.39, 0.29) is 12.2 Å². The highest BCUT2D eigenvalue weighted by Gasteiger charge is 2.33. The summed E-state index contributed by atoms with van der Waals surface area (Å²) in [5, 5.41) is 0.656. The van der Waals surface area contributed by atoms with Crippen molar-refractivity contribution in [3.63, 3.8) is 0 Å². The quantitative estimate of drug-likeness (QED) is 0.630. The predicted molar refractivity (Wildman–Crippen MR) is 122 cm³/mol. The van der Waals surface area contributed by atoms with Crippen LogP contribution in [0.5, 0.6) is 5.75 Å². The van der Waals surface area contributed by atoms with Crippen LogP contribution in [0.15, 0.2) is 39.6 Å². The molecule has 1 aromatic heterocycles. The standard InChI is InChI=1S/C23H23FN4O4S/c1-26-33(3,30)12-4-5-13-20(11-32-21(13)6-12)28(2)23(29)15-7-14-16-9-31-10-17(16)22(25)27-19(14)8-18(15)24/h4-8,20H,9-11H2,1-3H3,(H2,25,27)/t20-,33+/m1/s1. The lowest BCUT2D eigenvalue weighted by atomic mass is 10.0. The van der Waals surface area contributed by atoms with Crippen LogP contribution >= 0.6 is 0 Å². The average molecular weight is 471 g/mol. The van der Waals surface area contributed by atoms with Crippen LogP contribution in [0.25, 0.3) is 10.9 Å². The van der Waals surface area contributed by atoms with E-state index in [1.165, 1.54) is 24.1 Å². The van der Waals surface area contributed by atoms with Crippen LogP contribution in [-0.2, 0) is 27.7 Å². The fourth-order valence-corrected chi connectivity index (χ4v) is 5.18. The number of rotatable bonds is 3. The molecule has 2 aromatic carbocycles. The summed E-state index contributed by atoms with van der Waals surface area (Å²) >= 11 is 0. The normalized spacial score (nSPS) is 18.4. The molecular weight excluding hydrogens is 447 g/mol. The Balaban J connectivity index is 1.51.